The van der Waals surface area contributed by atoms with Crippen LogP contribution in [0.1, 0.15) is 71.9 Å². The van der Waals surface area contributed by atoms with Crippen molar-refractivity contribution in [1.82, 2.24) is 25.1 Å². The van der Waals surface area contributed by atoms with E-state index in [-0.39, 0.29) is 11.8 Å². The average Bonchev–Trinajstić information content (AvgIpc) is 3.37. The molecule has 12 heteroatoms. The van der Waals surface area contributed by atoms with Crippen LogP contribution >= 0.6 is 0 Å². The van der Waals surface area contributed by atoms with Crippen molar-refractivity contribution in [2.45, 2.75) is 77.8 Å². The van der Waals surface area contributed by atoms with Gasteiger partial charge >= 0.3 is 0 Å². The van der Waals surface area contributed by atoms with Gasteiger partial charge in [0, 0.05) is 44.9 Å². The van der Waals surface area contributed by atoms with Gasteiger partial charge in [0.15, 0.2) is 11.5 Å². The number of pyridine rings is 2. The summed E-state index contributed by atoms with van der Waals surface area (Å²) in [6.45, 7) is 5.69. The molecule has 67 heavy (non-hydrogen) atoms. The fraction of sp³-hybridized carbons (Fsp3) is 0.345. The van der Waals surface area contributed by atoms with Gasteiger partial charge in [0.2, 0.25) is 11.8 Å². The molecule has 0 saturated heterocycles. The Balaban J connectivity index is 0.890. The number of carbonyl (C=O) groups excluding carboxylic acids is 2. The second-order valence-corrected chi connectivity index (χ2v) is 16.6. The zero-order valence-electron chi connectivity index (χ0n) is 38.9. The number of nitrogens with one attached hydrogen (secondary N) is 1. The third kappa shape index (κ3) is 18.2. The van der Waals surface area contributed by atoms with Crippen molar-refractivity contribution in [3.63, 3.8) is 0 Å². The number of hydrogen-bond donors (Lipinski definition) is 2. The number of carbonyl (C=O) groups is 2. The molecule has 0 atom stereocenters. The number of nitrogens with two attached hydrogens (primary N) is 1. The number of amides is 2. The van der Waals surface area contributed by atoms with Gasteiger partial charge in [-0.1, -0.05) is 121 Å². The molecular weight excluding hydrogens is 841 g/mol. The largest absolute Gasteiger partial charge is 0.483 e. The van der Waals surface area contributed by atoms with Crippen LogP contribution in [0, 0.1) is 0 Å². The van der Waals surface area contributed by atoms with E-state index in [4.69, 9.17) is 24.7 Å². The van der Waals surface area contributed by atoms with E-state index in [1.54, 1.807) is 12.4 Å². The third-order valence-electron chi connectivity index (χ3n) is 11.2. The van der Waals surface area contributed by atoms with E-state index in [0.29, 0.717) is 102 Å². The maximum absolute atomic E-state index is 13.6. The van der Waals surface area contributed by atoms with Gasteiger partial charge in [-0.2, -0.15) is 0 Å². The molecule has 12 nitrogen and oxygen atoms in total. The molecule has 0 aliphatic heterocycles. The molecule has 2 heterocycles. The molecule has 0 fully saturated rings. The zero-order chi connectivity index (χ0) is 46.7. The molecule has 0 aliphatic carbocycles. The van der Waals surface area contributed by atoms with Crippen LogP contribution in [0.15, 0.2) is 146 Å². The molecule has 6 rings (SSSR count). The fourth-order valence-electron chi connectivity index (χ4n) is 7.34. The summed E-state index contributed by atoms with van der Waals surface area (Å²) in [6, 6.07) is 43.7. The van der Waals surface area contributed by atoms with Crippen LogP contribution in [0.5, 0.6) is 23.3 Å². The van der Waals surface area contributed by atoms with Gasteiger partial charge in [-0.25, -0.2) is 9.97 Å². The number of ether oxygens (including phenoxy) is 4. The molecule has 4 aromatic carbocycles. The Labute approximate surface area is 396 Å². The molecule has 0 spiro atoms. The first-order valence-corrected chi connectivity index (χ1v) is 23.5. The van der Waals surface area contributed by atoms with Gasteiger partial charge in [-0.05, 0) is 111 Å². The number of rotatable bonds is 30. The summed E-state index contributed by atoms with van der Waals surface area (Å²) < 4.78 is 24.5. The average molecular weight is 907 g/mol. The molecule has 2 amide bonds. The summed E-state index contributed by atoms with van der Waals surface area (Å²) in [5, 5.41) is 3.07. The summed E-state index contributed by atoms with van der Waals surface area (Å²) in [4.78, 5) is 39.8. The Bertz CT molecular complexity index is 2340. The normalized spacial score (nSPS) is 11.0. The molecule has 0 unspecified atom stereocenters. The summed E-state index contributed by atoms with van der Waals surface area (Å²) in [5.41, 5.74) is 11.8. The molecule has 6 aromatic rings. The van der Waals surface area contributed by atoms with E-state index >= 15 is 0 Å². The molecule has 3 N–H and O–H groups in total. The molecule has 0 radical (unpaired) electrons. The van der Waals surface area contributed by atoms with E-state index in [2.05, 4.69) is 27.2 Å². The van der Waals surface area contributed by atoms with E-state index in [9.17, 15) is 9.59 Å². The van der Waals surface area contributed by atoms with Crippen molar-refractivity contribution in [3.8, 4) is 23.3 Å². The Kier molecular flexibility index (Phi) is 21.0. The Hall–Kier alpha value is -6.76. The van der Waals surface area contributed by atoms with Gasteiger partial charge in [0.1, 0.15) is 26.4 Å². The van der Waals surface area contributed by atoms with Crippen LogP contribution in [0.2, 0.25) is 0 Å². The lowest BCUT2D eigenvalue weighted by atomic mass is 10.1. The maximum atomic E-state index is 13.6. The van der Waals surface area contributed by atoms with Crippen LogP contribution in [-0.2, 0) is 48.9 Å². The van der Waals surface area contributed by atoms with Crippen molar-refractivity contribution in [2.75, 3.05) is 46.3 Å². The van der Waals surface area contributed by atoms with Gasteiger partial charge in [0.05, 0.1) is 0 Å². The quantitative estimate of drug-likeness (QED) is 0.0422. The molecule has 0 aliphatic rings. The summed E-state index contributed by atoms with van der Waals surface area (Å²) in [5.74, 6) is 2.05. The van der Waals surface area contributed by atoms with Gasteiger partial charge in [-0.3, -0.25) is 9.59 Å². The molecule has 0 bridgehead atoms. The third-order valence-corrected chi connectivity index (χ3v) is 11.2. The molecule has 2 aromatic heterocycles. The van der Waals surface area contributed by atoms with Gasteiger partial charge in [-0.15, -0.1) is 0 Å². The highest BCUT2D eigenvalue weighted by atomic mass is 16.5. The number of aromatic nitrogens is 2. The topological polar surface area (TPSA) is 141 Å². The predicted molar refractivity (Wildman–Crippen MR) is 263 cm³/mol. The zero-order valence-corrected chi connectivity index (χ0v) is 38.9. The second kappa shape index (κ2) is 28.3. The van der Waals surface area contributed by atoms with E-state index in [1.807, 2.05) is 138 Å². The highest BCUT2D eigenvalue weighted by Crippen LogP contribution is 2.29. The molecule has 352 valence electrons. The first kappa shape index (κ1) is 49.7. The number of benzene rings is 4. The fourth-order valence-corrected chi connectivity index (χ4v) is 7.34. The number of hydrogen-bond acceptors (Lipinski definition) is 10. The van der Waals surface area contributed by atoms with Crippen molar-refractivity contribution < 1.29 is 28.5 Å². The van der Waals surface area contributed by atoms with Crippen LogP contribution in [-0.4, -0.2) is 77.9 Å². The van der Waals surface area contributed by atoms with E-state index < -0.39 is 0 Å². The minimum Gasteiger partial charge on any atom is -0.483 e. The van der Waals surface area contributed by atoms with E-state index in [0.717, 1.165) is 72.2 Å². The Morgan fingerprint density at radius 2 is 0.940 bits per heavy atom. The summed E-state index contributed by atoms with van der Waals surface area (Å²) in [6.07, 6.45) is 8.72. The van der Waals surface area contributed by atoms with Crippen LogP contribution in [0.4, 0.5) is 0 Å². The monoisotopic (exact) mass is 907 g/mol. The van der Waals surface area contributed by atoms with Crippen LogP contribution in [0.3, 0.4) is 0 Å². The lowest BCUT2D eigenvalue weighted by molar-refractivity contribution is -0.131. The SMILES string of the molecule is CN(CCCCN(CCCN)C(=O)CCc1cnc(OCc2ccccc2)c(OCc2ccccc2)c1)CCCNC(=O)CCc1cnc(OCc2ccccc2)c(OCc2ccccc2)c1. The number of unbranched alkanes of at least 4 members (excludes halogenated alkanes) is 1. The lowest BCUT2D eigenvalue weighted by Gasteiger charge is -2.23. The maximum Gasteiger partial charge on any atom is 0.257 e. The van der Waals surface area contributed by atoms with Gasteiger partial charge < -0.3 is 39.8 Å². The second-order valence-electron chi connectivity index (χ2n) is 16.6. The molecule has 0 saturated carbocycles. The number of nitrogens with zero attached hydrogens (tertiary/aromatic N) is 4. The van der Waals surface area contributed by atoms with Crippen LogP contribution in [0.25, 0.3) is 0 Å². The first-order valence-electron chi connectivity index (χ1n) is 23.5. The summed E-state index contributed by atoms with van der Waals surface area (Å²) in [7, 11) is 2.10. The Morgan fingerprint density at radius 3 is 1.42 bits per heavy atom. The van der Waals surface area contributed by atoms with Crippen molar-refractivity contribution >= 4 is 11.8 Å². The van der Waals surface area contributed by atoms with Crippen molar-refractivity contribution in [1.29, 1.82) is 0 Å². The highest BCUT2D eigenvalue weighted by molar-refractivity contribution is 5.76. The minimum atomic E-state index is -0.000915. The van der Waals surface area contributed by atoms with Crippen LogP contribution < -0.4 is 30.0 Å². The summed E-state index contributed by atoms with van der Waals surface area (Å²) >= 11 is 0. The van der Waals surface area contributed by atoms with Crippen molar-refractivity contribution in [2.24, 2.45) is 5.73 Å². The smallest absolute Gasteiger partial charge is 0.257 e. The lowest BCUT2D eigenvalue weighted by Crippen LogP contribution is -2.34. The van der Waals surface area contributed by atoms with Gasteiger partial charge in [0.25, 0.3) is 11.8 Å². The molecular formula is C55H66N6O6. The highest BCUT2D eigenvalue weighted by Gasteiger charge is 2.16. The van der Waals surface area contributed by atoms with E-state index in [1.165, 1.54) is 0 Å². The van der Waals surface area contributed by atoms with Crippen molar-refractivity contribution in [3.05, 3.63) is 179 Å². The number of aryl methyl sites for hydroxylation is 2. The predicted octanol–water partition coefficient (Wildman–Crippen LogP) is 8.75. The Morgan fingerprint density at radius 1 is 0.522 bits per heavy atom. The first-order chi connectivity index (χ1) is 32.9. The minimum absolute atomic E-state index is 0.000915. The standard InChI is InChI=1S/C55H66N6O6/c1-60(33-17-31-57-52(62)28-26-48-36-50(64-40-44-18-6-2-7-19-44)54(58-38-48)66-42-46-22-10-4-11-23-46)32-14-15-34-61(35-16-30-56)53(63)29-27-49-37-51(65-41-45-20-8-3-9-21-45)55(59-39-49)67-43-47-24-12-5-13-25-47/h2-13,18-25,36-39H,14-17,26-35,40-43,56H2,1H3,(H,57,62).